The Bertz CT molecular complexity index is 810. The molecule has 1 aliphatic rings. The van der Waals surface area contributed by atoms with Crippen LogP contribution in [0.3, 0.4) is 0 Å². The summed E-state index contributed by atoms with van der Waals surface area (Å²) in [4.78, 5) is 0. The van der Waals surface area contributed by atoms with E-state index in [0.29, 0.717) is 17.8 Å². The second-order valence-corrected chi connectivity index (χ2v) is 6.56. The molecular weight excluding hydrogens is 313 g/mol. The number of hydrogen-bond acceptors (Lipinski definition) is 1. The highest BCUT2D eigenvalue weighted by Gasteiger charge is 2.38. The maximum atomic E-state index is 13.2. The summed E-state index contributed by atoms with van der Waals surface area (Å²) in [5.74, 6) is 0. The lowest BCUT2D eigenvalue weighted by Crippen LogP contribution is -2.24. The molecule has 0 amide bonds. The van der Waals surface area contributed by atoms with Gasteiger partial charge >= 0.3 is 6.18 Å². The lowest BCUT2D eigenvalue weighted by molar-refractivity contribution is -0.141. The molecule has 0 radical (unpaired) electrons. The molecule has 0 bridgehead atoms. The molecule has 1 aromatic carbocycles. The van der Waals surface area contributed by atoms with Crippen LogP contribution in [0.4, 0.5) is 13.2 Å². The minimum Gasteiger partial charge on any atom is -0.236 e. The number of benzene rings is 1. The van der Waals surface area contributed by atoms with Gasteiger partial charge in [0.25, 0.3) is 0 Å². The van der Waals surface area contributed by atoms with Crippen LogP contribution < -0.4 is 0 Å². The van der Waals surface area contributed by atoms with Crippen molar-refractivity contribution in [3.05, 3.63) is 71.1 Å². The third-order valence-corrected chi connectivity index (χ3v) is 4.43. The molecule has 24 heavy (non-hydrogen) atoms. The first kappa shape index (κ1) is 16.6. The number of aromatic nitrogens is 2. The van der Waals surface area contributed by atoms with Gasteiger partial charge in [0.05, 0.1) is 11.4 Å². The maximum absolute atomic E-state index is 13.2. The number of aryl methyl sites for hydroxylation is 1. The Morgan fingerprint density at radius 3 is 2.33 bits per heavy atom. The lowest BCUT2D eigenvalue weighted by Gasteiger charge is -2.28. The van der Waals surface area contributed by atoms with Gasteiger partial charge in [-0.3, -0.25) is 0 Å². The first-order valence-electron chi connectivity index (χ1n) is 7.80. The van der Waals surface area contributed by atoms with Crippen LogP contribution in [0.5, 0.6) is 0 Å². The third kappa shape index (κ3) is 3.03. The van der Waals surface area contributed by atoms with Crippen molar-refractivity contribution in [2.75, 3.05) is 0 Å². The maximum Gasteiger partial charge on any atom is 0.435 e. The van der Waals surface area contributed by atoms with Crippen molar-refractivity contribution in [3.8, 4) is 5.69 Å². The van der Waals surface area contributed by atoms with Crippen molar-refractivity contribution in [3.63, 3.8) is 0 Å². The Balaban J connectivity index is 2.16. The summed E-state index contributed by atoms with van der Waals surface area (Å²) in [5.41, 5.74) is 1.95. The molecule has 1 aromatic heterocycles. The van der Waals surface area contributed by atoms with Gasteiger partial charge in [0.1, 0.15) is 0 Å². The van der Waals surface area contributed by atoms with Crippen molar-refractivity contribution in [1.29, 1.82) is 0 Å². The Kier molecular flexibility index (Phi) is 3.90. The minimum atomic E-state index is -4.47. The quantitative estimate of drug-likeness (QED) is 0.723. The third-order valence-electron chi connectivity index (χ3n) is 4.43. The average molecular weight is 332 g/mol. The number of rotatable bonds is 2. The van der Waals surface area contributed by atoms with E-state index in [1.54, 1.807) is 12.1 Å². The molecule has 1 unspecified atom stereocenters. The van der Waals surface area contributed by atoms with Crippen molar-refractivity contribution in [2.24, 2.45) is 0 Å². The first-order valence-corrected chi connectivity index (χ1v) is 7.80. The van der Waals surface area contributed by atoms with E-state index in [1.807, 2.05) is 51.1 Å². The fourth-order valence-electron chi connectivity index (χ4n) is 2.82. The van der Waals surface area contributed by atoms with Crippen molar-refractivity contribution >= 4 is 0 Å². The topological polar surface area (TPSA) is 17.8 Å². The van der Waals surface area contributed by atoms with Gasteiger partial charge in [0, 0.05) is 5.41 Å². The molecule has 0 fully saturated rings. The molecule has 1 heterocycles. The predicted octanol–water partition coefficient (Wildman–Crippen LogP) is 5.36. The molecule has 0 saturated heterocycles. The van der Waals surface area contributed by atoms with Gasteiger partial charge in [0.2, 0.25) is 0 Å². The van der Waals surface area contributed by atoms with Crippen molar-refractivity contribution < 1.29 is 13.2 Å². The van der Waals surface area contributed by atoms with Gasteiger partial charge in [-0.05, 0) is 38.5 Å². The Labute approximate surface area is 139 Å². The molecule has 1 atom stereocenters. The Hall–Kier alpha value is -2.30. The van der Waals surface area contributed by atoms with Gasteiger partial charge in [-0.15, -0.1) is 0 Å². The number of alkyl halides is 3. The molecule has 0 N–H and O–H groups in total. The average Bonchev–Trinajstić information content (AvgIpc) is 2.97. The number of hydrogen-bond donors (Lipinski definition) is 0. The Morgan fingerprint density at radius 1 is 1.12 bits per heavy atom. The van der Waals surface area contributed by atoms with E-state index >= 15 is 0 Å². The molecule has 3 rings (SSSR count). The van der Waals surface area contributed by atoms with Crippen LogP contribution in [0.2, 0.25) is 0 Å². The van der Waals surface area contributed by atoms with E-state index in [1.165, 1.54) is 10.7 Å². The molecular formula is C19H19F3N2. The fourth-order valence-corrected chi connectivity index (χ4v) is 2.82. The van der Waals surface area contributed by atoms with Crippen LogP contribution >= 0.6 is 0 Å². The van der Waals surface area contributed by atoms with Gasteiger partial charge < -0.3 is 0 Å². The summed E-state index contributed by atoms with van der Waals surface area (Å²) in [6, 6.07) is 8.50. The van der Waals surface area contributed by atoms with Crippen LogP contribution in [-0.2, 0) is 11.6 Å². The SMILES string of the molecule is CC1=CCC(C)(c2cc(C(F)(F)F)nn2-c2ccc(C)cc2)C=C1. The molecule has 1 aliphatic carbocycles. The summed E-state index contributed by atoms with van der Waals surface area (Å²) in [5, 5.41) is 3.86. The van der Waals surface area contributed by atoms with Crippen LogP contribution in [0.15, 0.2) is 54.1 Å². The molecule has 5 heteroatoms. The Morgan fingerprint density at radius 2 is 1.79 bits per heavy atom. The molecule has 2 aromatic rings. The molecule has 0 saturated carbocycles. The second-order valence-electron chi connectivity index (χ2n) is 6.56. The van der Waals surface area contributed by atoms with E-state index in [9.17, 15) is 13.2 Å². The molecule has 0 aliphatic heterocycles. The van der Waals surface area contributed by atoms with Gasteiger partial charge in [0.15, 0.2) is 5.69 Å². The summed E-state index contributed by atoms with van der Waals surface area (Å²) < 4.78 is 41.0. The zero-order valence-corrected chi connectivity index (χ0v) is 13.9. The number of nitrogens with zero attached hydrogens (tertiary/aromatic N) is 2. The van der Waals surface area contributed by atoms with E-state index in [2.05, 4.69) is 5.10 Å². The highest BCUT2D eigenvalue weighted by atomic mass is 19.4. The highest BCUT2D eigenvalue weighted by molar-refractivity contribution is 5.42. The van der Waals surface area contributed by atoms with Crippen molar-refractivity contribution in [1.82, 2.24) is 9.78 Å². The van der Waals surface area contributed by atoms with E-state index in [-0.39, 0.29) is 0 Å². The summed E-state index contributed by atoms with van der Waals surface area (Å²) in [7, 11) is 0. The standard InChI is InChI=1S/C19H19F3N2/c1-13-4-6-15(7-5-13)24-17(12-16(23-24)19(20,21)22)18(3)10-8-14(2)9-11-18/h4-10,12H,11H2,1-3H3. The zero-order chi connectivity index (χ0) is 17.5. The first-order chi connectivity index (χ1) is 11.2. The van der Waals surface area contributed by atoms with Gasteiger partial charge in [-0.1, -0.05) is 48.4 Å². The minimum absolute atomic E-state index is 0.527. The van der Waals surface area contributed by atoms with Gasteiger partial charge in [-0.25, -0.2) is 4.68 Å². The summed E-state index contributed by atoms with van der Waals surface area (Å²) in [6.45, 7) is 5.86. The van der Waals surface area contributed by atoms with Gasteiger partial charge in [-0.2, -0.15) is 18.3 Å². The number of allylic oxidation sites excluding steroid dienone is 4. The van der Waals surface area contributed by atoms with Crippen molar-refractivity contribution in [2.45, 2.75) is 38.8 Å². The summed E-state index contributed by atoms with van der Waals surface area (Å²) in [6.07, 6.45) is 2.13. The molecule has 0 spiro atoms. The molecule has 126 valence electrons. The van der Waals surface area contributed by atoms with E-state index < -0.39 is 17.3 Å². The number of halogens is 3. The summed E-state index contributed by atoms with van der Waals surface area (Å²) >= 11 is 0. The molecule has 2 nitrogen and oxygen atoms in total. The monoisotopic (exact) mass is 332 g/mol. The largest absolute Gasteiger partial charge is 0.435 e. The van der Waals surface area contributed by atoms with E-state index in [4.69, 9.17) is 0 Å². The lowest BCUT2D eigenvalue weighted by atomic mass is 9.79. The van der Waals surface area contributed by atoms with Crippen LogP contribution in [-0.4, -0.2) is 9.78 Å². The second kappa shape index (κ2) is 5.65. The van der Waals surface area contributed by atoms with Crippen LogP contribution in [0, 0.1) is 6.92 Å². The normalized spacial score (nSPS) is 21.0. The zero-order valence-electron chi connectivity index (χ0n) is 13.9. The van der Waals surface area contributed by atoms with Crippen LogP contribution in [0.25, 0.3) is 5.69 Å². The smallest absolute Gasteiger partial charge is 0.236 e. The fraction of sp³-hybridized carbons (Fsp3) is 0.316. The predicted molar refractivity (Wildman–Crippen MR) is 88.2 cm³/mol. The van der Waals surface area contributed by atoms with E-state index in [0.717, 1.165) is 11.1 Å². The van der Waals surface area contributed by atoms with Crippen LogP contribution in [0.1, 0.15) is 37.2 Å². The highest BCUT2D eigenvalue weighted by Crippen LogP contribution is 2.38.